The largest absolute Gasteiger partial charge is 0.508 e. The Morgan fingerprint density at radius 1 is 1.10 bits per heavy atom. The van der Waals surface area contributed by atoms with Crippen molar-refractivity contribution in [2.45, 2.75) is 33.6 Å². The van der Waals surface area contributed by atoms with E-state index in [1.54, 1.807) is 18.2 Å². The van der Waals surface area contributed by atoms with Crippen LogP contribution in [-0.4, -0.2) is 15.3 Å². The Labute approximate surface area is 123 Å². The lowest BCUT2D eigenvalue weighted by Crippen LogP contribution is -1.99. The minimum absolute atomic E-state index is 0.220. The van der Waals surface area contributed by atoms with Crippen molar-refractivity contribution >= 4 is 11.6 Å². The van der Waals surface area contributed by atoms with E-state index in [9.17, 15) is 5.11 Å². The average molecular weight is 293 g/mol. The van der Waals surface area contributed by atoms with Crippen LogP contribution in [0.2, 0.25) is 5.15 Å². The number of aromatic hydroxyl groups is 1. The van der Waals surface area contributed by atoms with Crippen LogP contribution in [0.3, 0.4) is 0 Å². The summed E-state index contributed by atoms with van der Waals surface area (Å²) < 4.78 is 5.80. The number of rotatable bonds is 3. The number of ether oxygens (including phenoxy) is 1. The molecule has 0 aliphatic carbocycles. The number of phenolic OH excluding ortho intramolecular Hbond substituents is 1. The first kappa shape index (κ1) is 14.6. The van der Waals surface area contributed by atoms with Crippen molar-refractivity contribution in [3.05, 3.63) is 40.0 Å². The van der Waals surface area contributed by atoms with Crippen LogP contribution in [0.1, 0.15) is 36.5 Å². The van der Waals surface area contributed by atoms with Crippen molar-refractivity contribution in [3.63, 3.8) is 0 Å². The average Bonchev–Trinajstić information content (AvgIpc) is 2.35. The second-order valence-electron chi connectivity index (χ2n) is 5.09. The molecular weight excluding hydrogens is 276 g/mol. The van der Waals surface area contributed by atoms with Gasteiger partial charge in [-0.15, -0.1) is 10.2 Å². The van der Waals surface area contributed by atoms with Crippen molar-refractivity contribution in [3.8, 4) is 17.4 Å². The fourth-order valence-corrected chi connectivity index (χ4v) is 2.33. The molecule has 1 N–H and O–H groups in total. The maximum absolute atomic E-state index is 9.54. The molecule has 5 heteroatoms. The van der Waals surface area contributed by atoms with Crippen molar-refractivity contribution in [1.29, 1.82) is 0 Å². The van der Waals surface area contributed by atoms with Gasteiger partial charge in [-0.05, 0) is 48.6 Å². The summed E-state index contributed by atoms with van der Waals surface area (Å²) in [5.74, 6) is 1.53. The van der Waals surface area contributed by atoms with Crippen molar-refractivity contribution in [1.82, 2.24) is 10.2 Å². The van der Waals surface area contributed by atoms with E-state index in [4.69, 9.17) is 16.3 Å². The number of hydrogen-bond acceptors (Lipinski definition) is 4. The third-order valence-corrected chi connectivity index (χ3v) is 3.32. The second-order valence-corrected chi connectivity index (χ2v) is 5.45. The zero-order chi connectivity index (χ0) is 14.9. The van der Waals surface area contributed by atoms with Crippen LogP contribution in [-0.2, 0) is 0 Å². The normalized spacial score (nSPS) is 10.9. The first-order valence-corrected chi connectivity index (χ1v) is 6.77. The summed E-state index contributed by atoms with van der Waals surface area (Å²) in [4.78, 5) is 0. The van der Waals surface area contributed by atoms with Gasteiger partial charge in [0, 0.05) is 6.07 Å². The molecule has 0 bridgehead atoms. The van der Waals surface area contributed by atoms with Gasteiger partial charge in [0.15, 0.2) is 5.15 Å². The molecule has 106 valence electrons. The zero-order valence-electron chi connectivity index (χ0n) is 11.9. The van der Waals surface area contributed by atoms with Crippen LogP contribution in [0.4, 0.5) is 0 Å². The Hall–Kier alpha value is -1.81. The van der Waals surface area contributed by atoms with Gasteiger partial charge in [0.05, 0.1) is 0 Å². The molecule has 0 saturated heterocycles. The van der Waals surface area contributed by atoms with Crippen LogP contribution in [0.25, 0.3) is 0 Å². The fourth-order valence-electron chi connectivity index (χ4n) is 2.02. The van der Waals surface area contributed by atoms with E-state index in [1.807, 2.05) is 27.7 Å². The molecule has 1 aromatic heterocycles. The topological polar surface area (TPSA) is 55.2 Å². The van der Waals surface area contributed by atoms with Crippen LogP contribution >= 0.6 is 11.6 Å². The number of halogens is 1. The Bertz CT molecular complexity index is 619. The van der Waals surface area contributed by atoms with E-state index >= 15 is 0 Å². The molecule has 0 radical (unpaired) electrons. The third kappa shape index (κ3) is 3.02. The summed E-state index contributed by atoms with van der Waals surface area (Å²) >= 11 is 6.02. The van der Waals surface area contributed by atoms with Crippen molar-refractivity contribution in [2.24, 2.45) is 0 Å². The fraction of sp³-hybridized carbons (Fsp3) is 0.333. The number of nitrogens with zero attached hydrogens (tertiary/aromatic N) is 2. The maximum Gasteiger partial charge on any atom is 0.239 e. The molecule has 20 heavy (non-hydrogen) atoms. The molecule has 0 atom stereocenters. The molecule has 0 unspecified atom stereocenters. The van der Waals surface area contributed by atoms with Gasteiger partial charge in [-0.25, -0.2) is 0 Å². The number of aromatic nitrogens is 2. The predicted octanol–water partition coefficient (Wildman–Crippen LogP) is 4.37. The number of benzene rings is 1. The molecule has 1 aromatic carbocycles. The predicted molar refractivity (Wildman–Crippen MR) is 78.8 cm³/mol. The maximum atomic E-state index is 9.54. The molecule has 2 aromatic rings. The summed E-state index contributed by atoms with van der Waals surface area (Å²) in [6.07, 6.45) is 0. The van der Waals surface area contributed by atoms with E-state index in [2.05, 4.69) is 10.2 Å². The van der Waals surface area contributed by atoms with Crippen LogP contribution < -0.4 is 4.74 Å². The van der Waals surface area contributed by atoms with Gasteiger partial charge in [0.1, 0.15) is 11.5 Å². The summed E-state index contributed by atoms with van der Waals surface area (Å²) in [7, 11) is 0. The molecule has 4 nitrogen and oxygen atoms in total. The molecule has 0 aliphatic heterocycles. The molecule has 0 saturated carbocycles. The highest BCUT2D eigenvalue weighted by Gasteiger charge is 2.12. The van der Waals surface area contributed by atoms with E-state index < -0.39 is 0 Å². The van der Waals surface area contributed by atoms with Crippen LogP contribution in [0.5, 0.6) is 17.4 Å². The zero-order valence-corrected chi connectivity index (χ0v) is 12.7. The van der Waals surface area contributed by atoms with Crippen molar-refractivity contribution in [2.75, 3.05) is 0 Å². The molecule has 0 spiro atoms. The summed E-state index contributed by atoms with van der Waals surface area (Å²) in [6.45, 7) is 7.80. The van der Waals surface area contributed by atoms with Gasteiger partial charge in [0.25, 0.3) is 0 Å². The Kier molecular flexibility index (Phi) is 4.14. The smallest absolute Gasteiger partial charge is 0.239 e. The standard InChI is InChI=1S/C15H17ClN2O2/c1-8(2)12-7-13(17-18-15(12)16)20-14-9(3)5-11(19)6-10(14)4/h5-8,19H,1-4H3. The van der Waals surface area contributed by atoms with Gasteiger partial charge in [0.2, 0.25) is 5.88 Å². The van der Waals surface area contributed by atoms with E-state index in [0.29, 0.717) is 16.8 Å². The van der Waals surface area contributed by atoms with Gasteiger partial charge >= 0.3 is 0 Å². The minimum Gasteiger partial charge on any atom is -0.508 e. The summed E-state index contributed by atoms with van der Waals surface area (Å²) in [6, 6.07) is 5.09. The number of aryl methyl sites for hydroxylation is 2. The van der Waals surface area contributed by atoms with Gasteiger partial charge in [-0.1, -0.05) is 25.4 Å². The Balaban J connectivity index is 2.38. The SMILES string of the molecule is Cc1cc(O)cc(C)c1Oc1cc(C(C)C)c(Cl)nn1. The van der Waals surface area contributed by atoms with E-state index in [0.717, 1.165) is 16.7 Å². The number of phenols is 1. The monoisotopic (exact) mass is 292 g/mol. The van der Waals surface area contributed by atoms with E-state index in [1.165, 1.54) is 0 Å². The number of hydrogen-bond donors (Lipinski definition) is 1. The second kappa shape index (κ2) is 5.67. The van der Waals surface area contributed by atoms with Crippen LogP contribution in [0, 0.1) is 13.8 Å². The molecule has 0 amide bonds. The molecule has 1 heterocycles. The molecule has 0 fully saturated rings. The van der Waals surface area contributed by atoms with Crippen LogP contribution in [0.15, 0.2) is 18.2 Å². The highest BCUT2D eigenvalue weighted by Crippen LogP contribution is 2.32. The lowest BCUT2D eigenvalue weighted by atomic mass is 10.1. The third-order valence-electron chi connectivity index (χ3n) is 3.03. The lowest BCUT2D eigenvalue weighted by Gasteiger charge is -2.13. The summed E-state index contributed by atoms with van der Waals surface area (Å²) in [5, 5.41) is 17.8. The Morgan fingerprint density at radius 2 is 1.70 bits per heavy atom. The minimum atomic E-state index is 0.220. The molecular formula is C15H17ClN2O2. The van der Waals surface area contributed by atoms with Crippen molar-refractivity contribution < 1.29 is 9.84 Å². The molecule has 2 rings (SSSR count). The molecule has 0 aliphatic rings. The first-order valence-electron chi connectivity index (χ1n) is 6.39. The van der Waals surface area contributed by atoms with Gasteiger partial charge in [-0.2, -0.15) is 0 Å². The van der Waals surface area contributed by atoms with Gasteiger partial charge in [-0.3, -0.25) is 0 Å². The van der Waals surface area contributed by atoms with E-state index in [-0.39, 0.29) is 11.7 Å². The van der Waals surface area contributed by atoms with Gasteiger partial charge < -0.3 is 9.84 Å². The Morgan fingerprint density at radius 3 is 2.25 bits per heavy atom. The lowest BCUT2D eigenvalue weighted by molar-refractivity contribution is 0.440. The highest BCUT2D eigenvalue weighted by atomic mass is 35.5. The quantitative estimate of drug-likeness (QED) is 0.913. The highest BCUT2D eigenvalue weighted by molar-refractivity contribution is 6.30. The summed E-state index contributed by atoms with van der Waals surface area (Å²) in [5.41, 5.74) is 2.57. The first-order chi connectivity index (χ1) is 9.38.